The predicted molar refractivity (Wildman–Crippen MR) is 142 cm³/mol. The highest BCUT2D eigenvalue weighted by Crippen LogP contribution is 2.26. The molecule has 1 aromatic rings. The lowest BCUT2D eigenvalue weighted by molar-refractivity contribution is -0.00684. The number of halogens is 1. The van der Waals surface area contributed by atoms with E-state index in [9.17, 15) is 0 Å². The van der Waals surface area contributed by atoms with Crippen LogP contribution in [0.2, 0.25) is 0 Å². The third-order valence-corrected chi connectivity index (χ3v) is 6.38. The van der Waals surface area contributed by atoms with Crippen molar-refractivity contribution in [3.8, 4) is 5.75 Å². The van der Waals surface area contributed by atoms with E-state index >= 15 is 0 Å². The number of rotatable bonds is 9. The second-order valence-corrected chi connectivity index (χ2v) is 9.02. The van der Waals surface area contributed by atoms with Crippen LogP contribution in [0.5, 0.6) is 5.75 Å². The Bertz CT molecular complexity index is 686. The molecule has 2 aliphatic heterocycles. The van der Waals surface area contributed by atoms with Crippen LogP contribution < -0.4 is 15.4 Å². The topological polar surface area (TPSA) is 61.4 Å². The summed E-state index contributed by atoms with van der Waals surface area (Å²) in [4.78, 5) is 10.0. The Labute approximate surface area is 211 Å². The van der Waals surface area contributed by atoms with Crippen molar-refractivity contribution in [2.24, 2.45) is 4.99 Å². The molecule has 1 aromatic carbocycles. The molecule has 0 saturated carbocycles. The van der Waals surface area contributed by atoms with E-state index in [4.69, 9.17) is 14.5 Å². The van der Waals surface area contributed by atoms with Crippen LogP contribution in [0.4, 0.5) is 0 Å². The lowest BCUT2D eigenvalue weighted by Crippen LogP contribution is -2.52. The van der Waals surface area contributed by atoms with E-state index in [2.05, 4.69) is 65.5 Å². The summed E-state index contributed by atoms with van der Waals surface area (Å²) in [6.45, 7) is 15.0. The van der Waals surface area contributed by atoms with Gasteiger partial charge in [-0.15, -0.1) is 24.0 Å². The number of guanidine groups is 1. The molecule has 0 aliphatic carbocycles. The van der Waals surface area contributed by atoms with Crippen LogP contribution >= 0.6 is 24.0 Å². The molecular formula is C24H42IN5O2. The minimum absolute atomic E-state index is 0. The molecule has 2 heterocycles. The summed E-state index contributed by atoms with van der Waals surface area (Å²) in [6, 6.07) is 8.82. The average molecular weight is 560 g/mol. The van der Waals surface area contributed by atoms with Crippen LogP contribution in [-0.4, -0.2) is 87.4 Å². The van der Waals surface area contributed by atoms with Crippen LogP contribution in [-0.2, 0) is 4.74 Å². The van der Waals surface area contributed by atoms with Crippen molar-refractivity contribution in [3.05, 3.63) is 29.8 Å². The summed E-state index contributed by atoms with van der Waals surface area (Å²) >= 11 is 0. The van der Waals surface area contributed by atoms with Crippen molar-refractivity contribution in [2.75, 3.05) is 66.1 Å². The third kappa shape index (κ3) is 7.74. The molecule has 2 saturated heterocycles. The monoisotopic (exact) mass is 559 g/mol. The van der Waals surface area contributed by atoms with E-state index in [1.165, 1.54) is 18.4 Å². The van der Waals surface area contributed by atoms with Crippen LogP contribution in [0.1, 0.15) is 45.2 Å². The molecule has 2 fully saturated rings. The normalized spacial score (nSPS) is 19.3. The number of methoxy groups -OCH3 is 1. The minimum atomic E-state index is 0. The average Bonchev–Trinajstić information content (AvgIpc) is 3.33. The van der Waals surface area contributed by atoms with Crippen molar-refractivity contribution in [1.29, 1.82) is 0 Å². The first-order valence-corrected chi connectivity index (χ1v) is 11.8. The smallest absolute Gasteiger partial charge is 0.191 e. The molecule has 0 aromatic heterocycles. The van der Waals surface area contributed by atoms with Gasteiger partial charge in [0.2, 0.25) is 0 Å². The molecule has 1 unspecified atom stereocenters. The summed E-state index contributed by atoms with van der Waals surface area (Å²) < 4.78 is 10.9. The summed E-state index contributed by atoms with van der Waals surface area (Å²) in [5, 5.41) is 7.05. The fourth-order valence-corrected chi connectivity index (χ4v) is 4.41. The van der Waals surface area contributed by atoms with Crippen molar-refractivity contribution < 1.29 is 9.47 Å². The Morgan fingerprint density at radius 2 is 1.75 bits per heavy atom. The molecule has 8 heteroatoms. The minimum Gasteiger partial charge on any atom is -0.497 e. The summed E-state index contributed by atoms with van der Waals surface area (Å²) in [5.74, 6) is 1.79. The van der Waals surface area contributed by atoms with E-state index in [0.717, 1.165) is 70.7 Å². The van der Waals surface area contributed by atoms with Gasteiger partial charge in [0.05, 0.1) is 32.9 Å². The summed E-state index contributed by atoms with van der Waals surface area (Å²) in [6.07, 6.45) is 2.54. The lowest BCUT2D eigenvalue weighted by Gasteiger charge is -2.40. The van der Waals surface area contributed by atoms with Gasteiger partial charge in [0.1, 0.15) is 5.75 Å². The number of benzene rings is 1. The molecule has 0 bridgehead atoms. The highest BCUT2D eigenvalue weighted by molar-refractivity contribution is 14.0. The third-order valence-electron chi connectivity index (χ3n) is 6.38. The number of morpholine rings is 1. The number of nitrogens with one attached hydrogen (secondary N) is 2. The van der Waals surface area contributed by atoms with Gasteiger partial charge in [-0.1, -0.05) is 12.1 Å². The molecule has 0 amide bonds. The molecule has 1 atom stereocenters. The zero-order valence-electron chi connectivity index (χ0n) is 20.2. The SMILES string of the molecule is CCNC(=NCC(C)(C)N1CCOCC1)NCC(c1ccc(OC)cc1)N1CCCC1.I. The summed E-state index contributed by atoms with van der Waals surface area (Å²) in [7, 11) is 1.71. The van der Waals surface area contributed by atoms with Crippen LogP contribution in [0.25, 0.3) is 0 Å². The maximum Gasteiger partial charge on any atom is 0.191 e. The van der Waals surface area contributed by atoms with Crippen LogP contribution in [0, 0.1) is 0 Å². The number of ether oxygens (including phenoxy) is 2. The van der Waals surface area contributed by atoms with Gasteiger partial charge in [-0.25, -0.2) is 0 Å². The van der Waals surface area contributed by atoms with Gasteiger partial charge < -0.3 is 20.1 Å². The highest BCUT2D eigenvalue weighted by atomic mass is 127. The fraction of sp³-hybridized carbons (Fsp3) is 0.708. The molecule has 0 radical (unpaired) electrons. The Balaban J connectivity index is 0.00000363. The summed E-state index contributed by atoms with van der Waals surface area (Å²) in [5.41, 5.74) is 1.33. The van der Waals surface area contributed by atoms with Gasteiger partial charge >= 0.3 is 0 Å². The second-order valence-electron chi connectivity index (χ2n) is 9.02. The first-order valence-electron chi connectivity index (χ1n) is 11.8. The molecule has 3 rings (SSSR count). The quantitative estimate of drug-likeness (QED) is 0.276. The van der Waals surface area contributed by atoms with Gasteiger partial charge in [-0.2, -0.15) is 0 Å². The number of hydrogen-bond acceptors (Lipinski definition) is 5. The van der Waals surface area contributed by atoms with Gasteiger partial charge in [0, 0.05) is 31.7 Å². The van der Waals surface area contributed by atoms with E-state index in [0.29, 0.717) is 6.04 Å². The molecule has 2 N–H and O–H groups in total. The molecular weight excluding hydrogens is 517 g/mol. The van der Waals surface area contributed by atoms with Crippen molar-refractivity contribution in [1.82, 2.24) is 20.4 Å². The number of aliphatic imine (C=N–C) groups is 1. The first-order chi connectivity index (χ1) is 15.0. The second kappa shape index (κ2) is 13.6. The molecule has 2 aliphatic rings. The Kier molecular flexibility index (Phi) is 11.5. The molecule has 182 valence electrons. The number of hydrogen-bond donors (Lipinski definition) is 2. The van der Waals surface area contributed by atoms with Crippen molar-refractivity contribution in [3.63, 3.8) is 0 Å². The van der Waals surface area contributed by atoms with Gasteiger partial charge in [0.15, 0.2) is 5.96 Å². The van der Waals surface area contributed by atoms with E-state index < -0.39 is 0 Å². The van der Waals surface area contributed by atoms with Crippen LogP contribution in [0.15, 0.2) is 29.3 Å². The Hall–Kier alpha value is -1.10. The van der Waals surface area contributed by atoms with Crippen molar-refractivity contribution >= 4 is 29.9 Å². The highest BCUT2D eigenvalue weighted by Gasteiger charge is 2.28. The number of likely N-dealkylation sites (tertiary alicyclic amines) is 1. The van der Waals surface area contributed by atoms with E-state index in [1.54, 1.807) is 7.11 Å². The predicted octanol–water partition coefficient (Wildman–Crippen LogP) is 3.12. The largest absolute Gasteiger partial charge is 0.497 e. The number of nitrogens with zero attached hydrogens (tertiary/aromatic N) is 3. The molecule has 7 nitrogen and oxygen atoms in total. The zero-order chi connectivity index (χ0) is 22.1. The van der Waals surface area contributed by atoms with Gasteiger partial charge in [-0.05, 0) is 64.4 Å². The lowest BCUT2D eigenvalue weighted by atomic mass is 10.0. The van der Waals surface area contributed by atoms with E-state index in [1.807, 2.05) is 0 Å². The van der Waals surface area contributed by atoms with Crippen molar-refractivity contribution in [2.45, 2.75) is 45.2 Å². The van der Waals surface area contributed by atoms with Gasteiger partial charge in [-0.3, -0.25) is 14.8 Å². The molecule has 0 spiro atoms. The Morgan fingerprint density at radius 3 is 2.34 bits per heavy atom. The zero-order valence-corrected chi connectivity index (χ0v) is 22.6. The maximum absolute atomic E-state index is 5.51. The van der Waals surface area contributed by atoms with Crippen LogP contribution in [0.3, 0.4) is 0 Å². The Morgan fingerprint density at radius 1 is 1.09 bits per heavy atom. The maximum atomic E-state index is 5.51. The van der Waals surface area contributed by atoms with Gasteiger partial charge in [0.25, 0.3) is 0 Å². The fourth-order valence-electron chi connectivity index (χ4n) is 4.41. The first kappa shape index (κ1) is 27.1. The molecule has 32 heavy (non-hydrogen) atoms. The standard InChI is InChI=1S/C24H41N5O2.HI/c1-5-25-23(27-19-24(2,3)29-14-16-31-17-15-29)26-18-22(28-12-6-7-13-28)20-8-10-21(30-4)11-9-20;/h8-11,22H,5-7,12-19H2,1-4H3,(H2,25,26,27);1H. The van der Waals surface area contributed by atoms with E-state index in [-0.39, 0.29) is 29.5 Å².